The summed E-state index contributed by atoms with van der Waals surface area (Å²) in [5.41, 5.74) is 3.62. The number of hydrogen-bond donors (Lipinski definition) is 2. The van der Waals surface area contributed by atoms with E-state index in [0.717, 1.165) is 31.3 Å². The zero-order valence-corrected chi connectivity index (χ0v) is 13.2. The maximum Gasteiger partial charge on any atom is 0.451 e. The molecule has 4 rings (SSSR count). The van der Waals surface area contributed by atoms with Gasteiger partial charge in [0.05, 0.1) is 0 Å². The van der Waals surface area contributed by atoms with Gasteiger partial charge in [-0.3, -0.25) is 4.90 Å². The first kappa shape index (κ1) is 14.7. The van der Waals surface area contributed by atoms with Crippen LogP contribution in [0.1, 0.15) is 43.2 Å². The van der Waals surface area contributed by atoms with Gasteiger partial charge < -0.3 is 10.0 Å². The van der Waals surface area contributed by atoms with Crippen molar-refractivity contribution in [3.05, 3.63) is 35.4 Å². The Morgan fingerprint density at radius 3 is 2.55 bits per heavy atom. The molecule has 1 heterocycles. The second-order valence-electron chi connectivity index (χ2n) is 7.88. The fourth-order valence-corrected chi connectivity index (χ4v) is 4.96. The highest BCUT2D eigenvalue weighted by molar-refractivity contribution is 6.40. The summed E-state index contributed by atoms with van der Waals surface area (Å²) in [7, 11) is -1.12. The first-order chi connectivity index (χ1) is 10.6. The Hall–Kier alpha value is -0.835. The molecule has 1 aliphatic heterocycles. The Morgan fingerprint density at radius 1 is 1.18 bits per heavy atom. The Morgan fingerprint density at radius 2 is 1.91 bits per heavy atom. The standard InChI is InChI=1S/C18H26BNO2/c21-19(22)8-6-14-5-7-18(10-17(18)9-14)13-20-11-15-3-1-2-4-16(15)12-20/h1-4,14,17,21-22H,5-13H2/t14-,17?,18-/m0/s1. The largest absolute Gasteiger partial charge is 0.451 e. The van der Waals surface area contributed by atoms with Gasteiger partial charge in [0.1, 0.15) is 0 Å². The molecule has 4 heteroatoms. The molecule has 3 aliphatic rings. The molecule has 2 fully saturated rings. The number of rotatable bonds is 5. The lowest BCUT2D eigenvalue weighted by atomic mass is 9.74. The molecular weight excluding hydrogens is 273 g/mol. The summed E-state index contributed by atoms with van der Waals surface area (Å²) >= 11 is 0. The molecular formula is C18H26BNO2. The van der Waals surface area contributed by atoms with Crippen molar-refractivity contribution in [3.8, 4) is 0 Å². The molecule has 3 nitrogen and oxygen atoms in total. The quantitative estimate of drug-likeness (QED) is 0.822. The molecule has 22 heavy (non-hydrogen) atoms. The summed E-state index contributed by atoms with van der Waals surface area (Å²) in [4.78, 5) is 2.64. The molecule has 0 bridgehead atoms. The molecule has 2 saturated carbocycles. The highest BCUT2D eigenvalue weighted by Crippen LogP contribution is 2.63. The molecule has 2 N–H and O–H groups in total. The van der Waals surface area contributed by atoms with E-state index in [9.17, 15) is 0 Å². The third-order valence-electron chi connectivity index (χ3n) is 6.31. The number of benzene rings is 1. The van der Waals surface area contributed by atoms with Crippen LogP contribution < -0.4 is 0 Å². The average Bonchev–Trinajstić information content (AvgIpc) is 3.04. The highest BCUT2D eigenvalue weighted by Gasteiger charge is 2.56. The van der Waals surface area contributed by atoms with Crippen molar-refractivity contribution in [2.75, 3.05) is 6.54 Å². The van der Waals surface area contributed by atoms with E-state index in [1.807, 2.05) is 0 Å². The van der Waals surface area contributed by atoms with Gasteiger partial charge in [-0.2, -0.15) is 0 Å². The predicted molar refractivity (Wildman–Crippen MR) is 88.1 cm³/mol. The summed E-state index contributed by atoms with van der Waals surface area (Å²) in [6.45, 7) is 3.53. The lowest BCUT2D eigenvalue weighted by Crippen LogP contribution is -2.30. The molecule has 2 aliphatic carbocycles. The first-order valence-corrected chi connectivity index (χ1v) is 8.80. The van der Waals surface area contributed by atoms with E-state index in [1.54, 1.807) is 0 Å². The highest BCUT2D eigenvalue weighted by atomic mass is 16.4. The van der Waals surface area contributed by atoms with Gasteiger partial charge in [0, 0.05) is 19.6 Å². The molecule has 1 unspecified atom stereocenters. The average molecular weight is 299 g/mol. The van der Waals surface area contributed by atoms with E-state index in [-0.39, 0.29) is 0 Å². The maximum absolute atomic E-state index is 9.03. The number of fused-ring (bicyclic) bond motifs is 2. The van der Waals surface area contributed by atoms with Crippen LogP contribution >= 0.6 is 0 Å². The van der Waals surface area contributed by atoms with E-state index < -0.39 is 7.12 Å². The van der Waals surface area contributed by atoms with Crippen molar-refractivity contribution in [2.24, 2.45) is 17.3 Å². The molecule has 0 aromatic heterocycles. The lowest BCUT2D eigenvalue weighted by Gasteiger charge is -2.31. The van der Waals surface area contributed by atoms with Gasteiger partial charge in [-0.25, -0.2) is 0 Å². The Bertz CT molecular complexity index is 525. The van der Waals surface area contributed by atoms with Gasteiger partial charge in [0.25, 0.3) is 0 Å². The van der Waals surface area contributed by atoms with Crippen molar-refractivity contribution in [2.45, 2.75) is 51.5 Å². The number of nitrogens with zero attached hydrogens (tertiary/aromatic N) is 1. The number of hydrogen-bond acceptors (Lipinski definition) is 3. The van der Waals surface area contributed by atoms with E-state index in [4.69, 9.17) is 10.0 Å². The summed E-state index contributed by atoms with van der Waals surface area (Å²) in [6.07, 6.45) is 6.87. The van der Waals surface area contributed by atoms with Gasteiger partial charge in [0.2, 0.25) is 0 Å². The second kappa shape index (κ2) is 5.66. The zero-order chi connectivity index (χ0) is 15.2. The van der Waals surface area contributed by atoms with Crippen LogP contribution in [0, 0.1) is 17.3 Å². The summed E-state index contributed by atoms with van der Waals surface area (Å²) in [5, 5.41) is 18.1. The van der Waals surface area contributed by atoms with Crippen molar-refractivity contribution in [1.82, 2.24) is 4.90 Å². The minimum atomic E-state index is -1.12. The molecule has 118 valence electrons. The molecule has 0 saturated heterocycles. The molecule has 3 atom stereocenters. The van der Waals surface area contributed by atoms with Crippen LogP contribution in [0.25, 0.3) is 0 Å². The van der Waals surface area contributed by atoms with E-state index in [2.05, 4.69) is 29.2 Å². The van der Waals surface area contributed by atoms with E-state index in [1.165, 1.54) is 43.4 Å². The lowest BCUT2D eigenvalue weighted by molar-refractivity contribution is 0.165. The van der Waals surface area contributed by atoms with Crippen LogP contribution in [0.5, 0.6) is 0 Å². The molecule has 0 radical (unpaired) electrons. The van der Waals surface area contributed by atoms with Crippen LogP contribution in [-0.4, -0.2) is 28.6 Å². The topological polar surface area (TPSA) is 43.7 Å². The Balaban J connectivity index is 1.30. The van der Waals surface area contributed by atoms with Crippen LogP contribution in [0.3, 0.4) is 0 Å². The van der Waals surface area contributed by atoms with Gasteiger partial charge in [-0.1, -0.05) is 30.7 Å². The predicted octanol–water partition coefficient (Wildman–Crippen LogP) is 2.67. The third-order valence-corrected chi connectivity index (χ3v) is 6.31. The van der Waals surface area contributed by atoms with Crippen molar-refractivity contribution in [1.29, 1.82) is 0 Å². The van der Waals surface area contributed by atoms with Crippen LogP contribution in [0.15, 0.2) is 24.3 Å². The van der Waals surface area contributed by atoms with E-state index in [0.29, 0.717) is 11.7 Å². The monoisotopic (exact) mass is 299 g/mol. The smallest absolute Gasteiger partial charge is 0.427 e. The van der Waals surface area contributed by atoms with Crippen molar-refractivity contribution < 1.29 is 10.0 Å². The summed E-state index contributed by atoms with van der Waals surface area (Å²) < 4.78 is 0. The van der Waals surface area contributed by atoms with E-state index >= 15 is 0 Å². The molecule has 0 spiro atoms. The van der Waals surface area contributed by atoms with Gasteiger partial charge in [-0.05, 0) is 60.4 Å². The first-order valence-electron chi connectivity index (χ1n) is 8.80. The summed E-state index contributed by atoms with van der Waals surface area (Å²) in [6, 6.07) is 8.85. The molecule has 1 aromatic carbocycles. The van der Waals surface area contributed by atoms with Crippen molar-refractivity contribution in [3.63, 3.8) is 0 Å². The SMILES string of the molecule is OB(O)CC[C@@H]1CC[C@@]2(CN3Cc4ccccc4C3)CC2C1. The fraction of sp³-hybridized carbons (Fsp3) is 0.667. The molecule has 1 aromatic rings. The van der Waals surface area contributed by atoms with Gasteiger partial charge in [0.15, 0.2) is 0 Å². The van der Waals surface area contributed by atoms with Crippen molar-refractivity contribution >= 4 is 7.12 Å². The van der Waals surface area contributed by atoms with Crippen LogP contribution in [0.2, 0.25) is 6.32 Å². The van der Waals surface area contributed by atoms with Gasteiger partial charge in [-0.15, -0.1) is 0 Å². The second-order valence-corrected chi connectivity index (χ2v) is 7.88. The zero-order valence-electron chi connectivity index (χ0n) is 13.2. The molecule has 0 amide bonds. The summed E-state index contributed by atoms with van der Waals surface area (Å²) in [5.74, 6) is 1.61. The fourth-order valence-electron chi connectivity index (χ4n) is 4.96. The Kier molecular flexibility index (Phi) is 3.79. The minimum absolute atomic E-state index is 0.547. The maximum atomic E-state index is 9.03. The van der Waals surface area contributed by atoms with Crippen LogP contribution in [0.4, 0.5) is 0 Å². The van der Waals surface area contributed by atoms with Gasteiger partial charge >= 0.3 is 7.12 Å². The Labute approximate surface area is 133 Å². The minimum Gasteiger partial charge on any atom is -0.427 e. The normalized spacial score (nSPS) is 33.4. The third kappa shape index (κ3) is 2.84. The van der Waals surface area contributed by atoms with Crippen LogP contribution in [-0.2, 0) is 13.1 Å².